The molecule has 6 heteroatoms. The molecule has 2 aromatic carbocycles. The first-order chi connectivity index (χ1) is 15.7. The molecule has 5 nitrogen and oxygen atoms in total. The van der Waals surface area contributed by atoms with Crippen LogP contribution in [0.4, 0.5) is 0 Å². The van der Waals surface area contributed by atoms with Crippen LogP contribution in [0.15, 0.2) is 54.6 Å². The van der Waals surface area contributed by atoms with Crippen LogP contribution in [0.2, 0.25) is 0 Å². The molecule has 0 spiro atoms. The number of amides is 2. The summed E-state index contributed by atoms with van der Waals surface area (Å²) in [5.74, 6) is 0.677. The van der Waals surface area contributed by atoms with E-state index in [2.05, 4.69) is 22.3 Å². The van der Waals surface area contributed by atoms with Gasteiger partial charge in [0.1, 0.15) is 5.37 Å². The molecule has 0 aromatic heterocycles. The topological polar surface area (TPSA) is 52.7 Å². The van der Waals surface area contributed by atoms with E-state index in [1.165, 1.54) is 37.9 Å². The van der Waals surface area contributed by atoms with E-state index in [1.54, 1.807) is 11.8 Å². The molecule has 2 fully saturated rings. The lowest BCUT2D eigenvalue weighted by Gasteiger charge is -2.26. The van der Waals surface area contributed by atoms with Crippen molar-refractivity contribution < 1.29 is 9.59 Å². The molecule has 2 aromatic rings. The second-order valence-corrected chi connectivity index (χ2v) is 9.69. The maximum absolute atomic E-state index is 12.5. The van der Waals surface area contributed by atoms with Crippen LogP contribution in [0, 0.1) is 0 Å². The molecule has 0 bridgehead atoms. The largest absolute Gasteiger partial charge is 0.352 e. The van der Waals surface area contributed by atoms with Crippen molar-refractivity contribution >= 4 is 23.6 Å². The van der Waals surface area contributed by atoms with Crippen LogP contribution in [-0.2, 0) is 11.2 Å². The first-order valence-electron chi connectivity index (χ1n) is 11.8. The fraction of sp³-hybridized carbons (Fsp3) is 0.462. The number of nitrogens with zero attached hydrogens (tertiary/aromatic N) is 2. The normalized spacial score (nSPS) is 19.3. The summed E-state index contributed by atoms with van der Waals surface area (Å²) in [6.07, 6.45) is 5.78. The van der Waals surface area contributed by atoms with Crippen LogP contribution >= 0.6 is 11.8 Å². The molecular formula is C26H33N3O2S. The van der Waals surface area contributed by atoms with E-state index in [4.69, 9.17) is 0 Å². The summed E-state index contributed by atoms with van der Waals surface area (Å²) in [5.41, 5.74) is 3.00. The molecule has 1 unspecified atom stereocenters. The van der Waals surface area contributed by atoms with Crippen molar-refractivity contribution in [1.82, 2.24) is 15.1 Å². The summed E-state index contributed by atoms with van der Waals surface area (Å²) in [6, 6.07) is 18.0. The highest BCUT2D eigenvalue weighted by atomic mass is 32.2. The quantitative estimate of drug-likeness (QED) is 0.583. The Bertz CT molecular complexity index is 882. The zero-order valence-electron chi connectivity index (χ0n) is 18.7. The van der Waals surface area contributed by atoms with Crippen LogP contribution in [0.3, 0.4) is 0 Å². The van der Waals surface area contributed by atoms with Gasteiger partial charge < -0.3 is 15.1 Å². The number of hydrogen-bond donors (Lipinski definition) is 1. The fourth-order valence-electron chi connectivity index (χ4n) is 4.46. The maximum Gasteiger partial charge on any atom is 0.251 e. The minimum absolute atomic E-state index is 0.0212. The summed E-state index contributed by atoms with van der Waals surface area (Å²) in [7, 11) is 0. The van der Waals surface area contributed by atoms with Crippen molar-refractivity contribution in [2.75, 3.05) is 38.5 Å². The van der Waals surface area contributed by atoms with Gasteiger partial charge in [0.25, 0.3) is 5.91 Å². The van der Waals surface area contributed by atoms with Gasteiger partial charge in [-0.1, -0.05) is 48.9 Å². The van der Waals surface area contributed by atoms with Gasteiger partial charge in [-0.25, -0.2) is 0 Å². The van der Waals surface area contributed by atoms with E-state index in [0.717, 1.165) is 24.9 Å². The second kappa shape index (κ2) is 11.5. The fourth-order valence-corrected chi connectivity index (χ4v) is 5.67. The molecule has 2 amide bonds. The SMILES string of the molecule is O=C(NCCCN1CCCCC1)c1ccc(C2SCC(=O)N2CCc2ccccc2)cc1. The number of benzene rings is 2. The van der Waals surface area contributed by atoms with Crippen molar-refractivity contribution in [2.24, 2.45) is 0 Å². The number of piperidine rings is 1. The Morgan fingerprint density at radius 2 is 1.72 bits per heavy atom. The van der Waals surface area contributed by atoms with Crippen molar-refractivity contribution in [3.8, 4) is 0 Å². The van der Waals surface area contributed by atoms with Gasteiger partial charge in [-0.05, 0) is 68.6 Å². The van der Waals surface area contributed by atoms with Crippen molar-refractivity contribution in [2.45, 2.75) is 37.5 Å². The molecule has 2 saturated heterocycles. The van der Waals surface area contributed by atoms with E-state index in [1.807, 2.05) is 47.4 Å². The van der Waals surface area contributed by atoms with Gasteiger partial charge in [0.2, 0.25) is 5.91 Å². The Balaban J connectivity index is 1.27. The van der Waals surface area contributed by atoms with Crippen molar-refractivity contribution in [3.63, 3.8) is 0 Å². The van der Waals surface area contributed by atoms with Crippen LogP contribution in [0.1, 0.15) is 52.5 Å². The molecule has 1 N–H and O–H groups in total. The first-order valence-corrected chi connectivity index (χ1v) is 12.8. The summed E-state index contributed by atoms with van der Waals surface area (Å²) in [6.45, 7) is 4.86. The minimum atomic E-state index is -0.0220. The smallest absolute Gasteiger partial charge is 0.251 e. The zero-order chi connectivity index (χ0) is 22.2. The van der Waals surface area contributed by atoms with Crippen molar-refractivity contribution in [1.29, 1.82) is 0 Å². The summed E-state index contributed by atoms with van der Waals surface area (Å²) >= 11 is 1.66. The number of rotatable bonds is 9. The minimum Gasteiger partial charge on any atom is -0.352 e. The molecule has 0 aliphatic carbocycles. The number of hydrogen-bond acceptors (Lipinski definition) is 4. The van der Waals surface area contributed by atoms with Crippen LogP contribution < -0.4 is 5.32 Å². The molecular weight excluding hydrogens is 418 g/mol. The van der Waals surface area contributed by atoms with E-state index < -0.39 is 0 Å². The Kier molecular flexibility index (Phi) is 8.24. The van der Waals surface area contributed by atoms with E-state index in [9.17, 15) is 9.59 Å². The molecule has 2 aliphatic rings. The standard InChI is InChI=1S/C26H33N3O2S/c30-24-20-32-26(29(24)19-14-21-8-3-1-4-9-21)23-12-10-22(11-13-23)25(31)27-15-7-18-28-16-5-2-6-17-28/h1,3-4,8-13,26H,2,5-7,14-20H2,(H,27,31). The number of carbonyl (C=O) groups is 2. The van der Waals surface area contributed by atoms with Gasteiger partial charge in [-0.3, -0.25) is 9.59 Å². The molecule has 2 aliphatic heterocycles. The van der Waals surface area contributed by atoms with Gasteiger partial charge in [0.15, 0.2) is 0 Å². The molecule has 2 heterocycles. The van der Waals surface area contributed by atoms with Crippen LogP contribution in [0.25, 0.3) is 0 Å². The maximum atomic E-state index is 12.5. The first kappa shape index (κ1) is 22.9. The summed E-state index contributed by atoms with van der Waals surface area (Å²) in [4.78, 5) is 29.4. The lowest BCUT2D eigenvalue weighted by Crippen LogP contribution is -2.33. The summed E-state index contributed by atoms with van der Waals surface area (Å²) < 4.78 is 0. The third-order valence-corrected chi connectivity index (χ3v) is 7.55. The number of carbonyl (C=O) groups excluding carboxylic acids is 2. The van der Waals surface area contributed by atoms with Gasteiger partial charge in [0, 0.05) is 18.7 Å². The highest BCUT2D eigenvalue weighted by Gasteiger charge is 2.32. The highest BCUT2D eigenvalue weighted by molar-refractivity contribution is 8.00. The monoisotopic (exact) mass is 451 g/mol. The molecule has 0 radical (unpaired) electrons. The number of nitrogens with one attached hydrogen (secondary N) is 1. The molecule has 4 rings (SSSR count). The molecule has 0 saturated carbocycles. The highest BCUT2D eigenvalue weighted by Crippen LogP contribution is 2.38. The molecule has 1 atom stereocenters. The van der Waals surface area contributed by atoms with Crippen LogP contribution in [0.5, 0.6) is 0 Å². The van der Waals surface area contributed by atoms with E-state index in [-0.39, 0.29) is 17.2 Å². The second-order valence-electron chi connectivity index (χ2n) is 8.62. The van der Waals surface area contributed by atoms with Crippen LogP contribution in [-0.4, -0.2) is 60.1 Å². The zero-order valence-corrected chi connectivity index (χ0v) is 19.5. The Hall–Kier alpha value is -2.31. The van der Waals surface area contributed by atoms with Gasteiger partial charge >= 0.3 is 0 Å². The lowest BCUT2D eigenvalue weighted by atomic mass is 10.1. The summed E-state index contributed by atoms with van der Waals surface area (Å²) in [5, 5.41) is 3.07. The Morgan fingerprint density at radius 1 is 0.969 bits per heavy atom. The van der Waals surface area contributed by atoms with Gasteiger partial charge in [-0.2, -0.15) is 0 Å². The van der Waals surface area contributed by atoms with E-state index >= 15 is 0 Å². The average molecular weight is 452 g/mol. The Morgan fingerprint density at radius 3 is 2.47 bits per heavy atom. The average Bonchev–Trinajstić information content (AvgIpc) is 3.22. The van der Waals surface area contributed by atoms with E-state index in [0.29, 0.717) is 24.4 Å². The predicted molar refractivity (Wildman–Crippen MR) is 131 cm³/mol. The van der Waals surface area contributed by atoms with Crippen molar-refractivity contribution in [3.05, 3.63) is 71.3 Å². The lowest BCUT2D eigenvalue weighted by molar-refractivity contribution is -0.128. The Labute approximate surface area is 195 Å². The van der Waals surface area contributed by atoms with Gasteiger partial charge in [0.05, 0.1) is 5.75 Å². The van der Waals surface area contributed by atoms with Gasteiger partial charge in [-0.15, -0.1) is 11.8 Å². The number of thioether (sulfide) groups is 1. The number of likely N-dealkylation sites (tertiary alicyclic amines) is 1. The third kappa shape index (κ3) is 6.14. The predicted octanol–water partition coefficient (Wildman–Crippen LogP) is 4.11. The molecule has 32 heavy (non-hydrogen) atoms. The third-order valence-electron chi connectivity index (χ3n) is 6.30. The molecule has 170 valence electrons.